The summed E-state index contributed by atoms with van der Waals surface area (Å²) in [5.74, 6) is 0.149. The zero-order valence-corrected chi connectivity index (χ0v) is 14.7. The van der Waals surface area contributed by atoms with Crippen molar-refractivity contribution in [3.63, 3.8) is 0 Å². The molecule has 0 saturated carbocycles. The molecule has 1 amide bonds. The molecule has 2 rings (SSSR count). The van der Waals surface area contributed by atoms with Gasteiger partial charge in [-0.1, -0.05) is 0 Å². The first kappa shape index (κ1) is 16.8. The summed E-state index contributed by atoms with van der Waals surface area (Å²) in [6.45, 7) is 1.95. The number of rotatable bonds is 5. The van der Waals surface area contributed by atoms with Crippen molar-refractivity contribution in [3.8, 4) is 0 Å². The number of amides is 1. The van der Waals surface area contributed by atoms with Crippen LogP contribution < -0.4 is 5.32 Å². The molecular weight excluding hydrogens is 415 g/mol. The Balaban J connectivity index is 1.91. The van der Waals surface area contributed by atoms with Crippen molar-refractivity contribution in [3.05, 3.63) is 61.7 Å². The van der Waals surface area contributed by atoms with E-state index in [1.165, 1.54) is 23.9 Å². The summed E-state index contributed by atoms with van der Waals surface area (Å²) >= 11 is 3.56. The number of carbonyl (C=O) groups is 1. The molecule has 0 heterocycles. The van der Waals surface area contributed by atoms with E-state index in [-0.39, 0.29) is 17.3 Å². The van der Waals surface area contributed by atoms with E-state index in [1.54, 1.807) is 12.1 Å². The molecule has 5 nitrogen and oxygen atoms in total. The molecule has 7 heteroatoms. The maximum Gasteiger partial charge on any atom is 0.269 e. The van der Waals surface area contributed by atoms with Gasteiger partial charge in [-0.2, -0.15) is 0 Å². The van der Waals surface area contributed by atoms with E-state index >= 15 is 0 Å². The number of hydrogen-bond donors (Lipinski definition) is 1. The number of non-ortho nitro benzene ring substituents is 1. The van der Waals surface area contributed by atoms with Crippen LogP contribution in [0.1, 0.15) is 5.56 Å². The van der Waals surface area contributed by atoms with Gasteiger partial charge in [0.15, 0.2) is 0 Å². The van der Waals surface area contributed by atoms with Crippen molar-refractivity contribution in [2.24, 2.45) is 0 Å². The summed E-state index contributed by atoms with van der Waals surface area (Å²) in [4.78, 5) is 22.9. The molecule has 114 valence electrons. The highest BCUT2D eigenvalue weighted by Gasteiger charge is 2.08. The predicted molar refractivity (Wildman–Crippen MR) is 96.3 cm³/mol. The molecule has 0 saturated heterocycles. The minimum Gasteiger partial charge on any atom is -0.325 e. The van der Waals surface area contributed by atoms with Crippen LogP contribution in [0.5, 0.6) is 0 Å². The standard InChI is InChI=1S/C15H13IN2O3S/c1-10-8-11(16)2-7-14(10)17-15(19)9-22-13-5-3-12(4-6-13)18(20)21/h2-8H,9H2,1H3,(H,17,19). The van der Waals surface area contributed by atoms with Crippen LogP contribution in [-0.2, 0) is 4.79 Å². The minimum atomic E-state index is -0.444. The SMILES string of the molecule is Cc1cc(I)ccc1NC(=O)CSc1ccc([N+](=O)[O-])cc1. The van der Waals surface area contributed by atoms with Crippen LogP contribution in [0.4, 0.5) is 11.4 Å². The molecule has 0 aliphatic carbocycles. The van der Waals surface area contributed by atoms with Crippen LogP contribution >= 0.6 is 34.4 Å². The normalized spacial score (nSPS) is 10.3. The van der Waals surface area contributed by atoms with Gasteiger partial charge in [0, 0.05) is 26.3 Å². The lowest BCUT2D eigenvalue weighted by atomic mass is 10.2. The Morgan fingerprint density at radius 3 is 2.55 bits per heavy atom. The Labute approximate surface area is 145 Å². The fraction of sp³-hybridized carbons (Fsp3) is 0.133. The summed E-state index contributed by atoms with van der Waals surface area (Å²) in [6, 6.07) is 12.0. The highest BCUT2D eigenvalue weighted by atomic mass is 127. The van der Waals surface area contributed by atoms with Gasteiger partial charge in [-0.15, -0.1) is 11.8 Å². The zero-order valence-electron chi connectivity index (χ0n) is 11.7. The molecule has 0 aliphatic rings. The number of carbonyl (C=O) groups excluding carboxylic acids is 1. The molecule has 2 aromatic carbocycles. The number of nitro groups is 1. The number of hydrogen-bond acceptors (Lipinski definition) is 4. The number of anilines is 1. The molecule has 0 unspecified atom stereocenters. The molecule has 0 radical (unpaired) electrons. The van der Waals surface area contributed by atoms with Gasteiger partial charge in [0.25, 0.3) is 5.69 Å². The van der Waals surface area contributed by atoms with Crippen LogP contribution in [0, 0.1) is 20.6 Å². The third-order valence-corrected chi connectivity index (χ3v) is 4.56. The Kier molecular flexibility index (Phi) is 5.78. The number of benzene rings is 2. The van der Waals surface area contributed by atoms with Crippen molar-refractivity contribution in [1.82, 2.24) is 0 Å². The quantitative estimate of drug-likeness (QED) is 0.335. The number of nitrogens with one attached hydrogen (secondary N) is 1. The van der Waals surface area contributed by atoms with E-state index in [1.807, 2.05) is 25.1 Å². The summed E-state index contributed by atoms with van der Waals surface area (Å²) in [5.41, 5.74) is 1.86. The minimum absolute atomic E-state index is 0.0447. The van der Waals surface area contributed by atoms with Crippen LogP contribution in [0.15, 0.2) is 47.4 Å². The topological polar surface area (TPSA) is 72.2 Å². The van der Waals surface area contributed by atoms with Crippen molar-refractivity contribution in [1.29, 1.82) is 0 Å². The monoisotopic (exact) mass is 428 g/mol. The summed E-state index contributed by atoms with van der Waals surface area (Å²) in [5, 5.41) is 13.4. The number of aryl methyl sites for hydroxylation is 1. The smallest absolute Gasteiger partial charge is 0.269 e. The second-order valence-corrected chi connectivity index (χ2v) is 6.84. The van der Waals surface area contributed by atoms with E-state index in [4.69, 9.17) is 0 Å². The van der Waals surface area contributed by atoms with Gasteiger partial charge in [-0.3, -0.25) is 14.9 Å². The second kappa shape index (κ2) is 7.59. The molecule has 0 aliphatic heterocycles. The van der Waals surface area contributed by atoms with Crippen LogP contribution in [0.2, 0.25) is 0 Å². The first-order valence-electron chi connectivity index (χ1n) is 6.39. The molecule has 0 fully saturated rings. The largest absolute Gasteiger partial charge is 0.325 e. The maximum atomic E-state index is 12.0. The van der Waals surface area contributed by atoms with E-state index in [0.29, 0.717) is 0 Å². The van der Waals surface area contributed by atoms with Crippen LogP contribution in [-0.4, -0.2) is 16.6 Å². The Morgan fingerprint density at radius 2 is 1.95 bits per heavy atom. The summed E-state index contributed by atoms with van der Waals surface area (Å²) < 4.78 is 1.12. The van der Waals surface area contributed by atoms with Gasteiger partial charge in [-0.05, 0) is 65.4 Å². The average Bonchev–Trinajstić information content (AvgIpc) is 2.48. The third-order valence-electron chi connectivity index (χ3n) is 2.88. The lowest BCUT2D eigenvalue weighted by molar-refractivity contribution is -0.384. The van der Waals surface area contributed by atoms with Crippen molar-refractivity contribution >= 4 is 51.6 Å². The van der Waals surface area contributed by atoms with Gasteiger partial charge in [-0.25, -0.2) is 0 Å². The molecule has 1 N–H and O–H groups in total. The summed E-state index contributed by atoms with van der Waals surface area (Å²) in [7, 11) is 0. The predicted octanol–water partition coefficient (Wildman–Crippen LogP) is 4.24. The van der Waals surface area contributed by atoms with Gasteiger partial charge < -0.3 is 5.32 Å². The van der Waals surface area contributed by atoms with E-state index in [9.17, 15) is 14.9 Å². The van der Waals surface area contributed by atoms with Crippen LogP contribution in [0.25, 0.3) is 0 Å². The maximum absolute atomic E-state index is 12.0. The fourth-order valence-corrected chi connectivity index (χ4v) is 3.11. The van der Waals surface area contributed by atoms with E-state index in [0.717, 1.165) is 19.7 Å². The Hall–Kier alpha value is -1.61. The van der Waals surface area contributed by atoms with Crippen LogP contribution in [0.3, 0.4) is 0 Å². The highest BCUT2D eigenvalue weighted by Crippen LogP contribution is 2.22. The molecule has 0 spiro atoms. The lowest BCUT2D eigenvalue weighted by Gasteiger charge is -2.08. The molecule has 22 heavy (non-hydrogen) atoms. The van der Waals surface area contributed by atoms with Gasteiger partial charge in [0.1, 0.15) is 0 Å². The lowest BCUT2D eigenvalue weighted by Crippen LogP contribution is -2.14. The third kappa shape index (κ3) is 4.70. The van der Waals surface area contributed by atoms with E-state index in [2.05, 4.69) is 27.9 Å². The van der Waals surface area contributed by atoms with Crippen molar-refractivity contribution in [2.45, 2.75) is 11.8 Å². The first-order chi connectivity index (χ1) is 10.5. The number of nitro benzene ring substituents is 1. The van der Waals surface area contributed by atoms with Gasteiger partial charge >= 0.3 is 0 Å². The Bertz CT molecular complexity index is 704. The van der Waals surface area contributed by atoms with Gasteiger partial charge in [0.05, 0.1) is 10.7 Å². The van der Waals surface area contributed by atoms with Crippen molar-refractivity contribution in [2.75, 3.05) is 11.1 Å². The zero-order chi connectivity index (χ0) is 16.1. The average molecular weight is 428 g/mol. The molecule has 0 aromatic heterocycles. The molecule has 2 aromatic rings. The Morgan fingerprint density at radius 1 is 1.27 bits per heavy atom. The van der Waals surface area contributed by atoms with Crippen molar-refractivity contribution < 1.29 is 9.72 Å². The number of nitrogens with zero attached hydrogens (tertiary/aromatic N) is 1. The second-order valence-electron chi connectivity index (χ2n) is 4.55. The molecular formula is C15H13IN2O3S. The molecule has 0 bridgehead atoms. The van der Waals surface area contributed by atoms with Gasteiger partial charge in [0.2, 0.25) is 5.91 Å². The molecule has 0 atom stereocenters. The summed E-state index contributed by atoms with van der Waals surface area (Å²) in [6.07, 6.45) is 0. The first-order valence-corrected chi connectivity index (χ1v) is 8.45. The fourth-order valence-electron chi connectivity index (χ4n) is 1.77. The highest BCUT2D eigenvalue weighted by molar-refractivity contribution is 14.1. The number of thioether (sulfide) groups is 1. The number of halogens is 1. The van der Waals surface area contributed by atoms with E-state index < -0.39 is 4.92 Å².